The third kappa shape index (κ3) is 3.75. The molecule has 0 aliphatic carbocycles. The summed E-state index contributed by atoms with van der Waals surface area (Å²) in [5, 5.41) is 4.01. The van der Waals surface area contributed by atoms with Crippen molar-refractivity contribution in [2.24, 2.45) is 0 Å². The van der Waals surface area contributed by atoms with E-state index in [0.717, 1.165) is 11.6 Å². The van der Waals surface area contributed by atoms with Crippen LogP contribution < -0.4 is 5.32 Å². The summed E-state index contributed by atoms with van der Waals surface area (Å²) in [5.41, 5.74) is 0.662. The number of nitrogens with zero attached hydrogens (tertiary/aromatic N) is 1. The molecule has 0 saturated heterocycles. The smallest absolute Gasteiger partial charge is 0.188 e. The third-order valence-electron chi connectivity index (χ3n) is 1.80. The lowest BCUT2D eigenvalue weighted by atomic mass is 10.2. The highest BCUT2D eigenvalue weighted by molar-refractivity contribution is 8.02. The Morgan fingerprint density at radius 3 is 2.73 bits per heavy atom. The second-order valence-electron chi connectivity index (χ2n) is 2.84. The first-order chi connectivity index (χ1) is 7.27. The van der Waals surface area contributed by atoms with Crippen molar-refractivity contribution < 1.29 is 4.79 Å². The maximum absolute atomic E-state index is 11.7. The molecule has 1 heterocycles. The molecule has 1 N–H and O–H groups in total. The maximum atomic E-state index is 11.7. The van der Waals surface area contributed by atoms with Gasteiger partial charge in [-0.3, -0.25) is 9.78 Å². The number of carbonyl (C=O) groups excluding carboxylic acids is 1. The Morgan fingerprint density at radius 2 is 2.20 bits per heavy atom. The fraction of sp³-hybridized carbons (Fsp3) is 0.273. The predicted molar refractivity (Wildman–Crippen MR) is 63.8 cm³/mol. The van der Waals surface area contributed by atoms with Crippen molar-refractivity contribution in [2.45, 2.75) is 6.92 Å². The number of rotatable bonds is 5. The van der Waals surface area contributed by atoms with E-state index >= 15 is 0 Å². The van der Waals surface area contributed by atoms with Gasteiger partial charge in [0.15, 0.2) is 5.78 Å². The monoisotopic (exact) mass is 222 g/mol. The molecule has 1 aromatic rings. The molecule has 80 valence electrons. The van der Waals surface area contributed by atoms with Crippen LogP contribution in [0.5, 0.6) is 0 Å². The van der Waals surface area contributed by atoms with E-state index in [4.69, 9.17) is 0 Å². The standard InChI is InChI=1S/C11H14N2OS/c1-3-13-11(15-2)8-10(14)9-4-6-12-7-5-9/h4-8,13H,3H2,1-2H3/b11-8+. The maximum Gasteiger partial charge on any atom is 0.188 e. The van der Waals surface area contributed by atoms with Gasteiger partial charge in [0.1, 0.15) is 0 Å². The Kier molecular flexibility index (Phi) is 4.90. The summed E-state index contributed by atoms with van der Waals surface area (Å²) in [5.74, 6) is 0.00250. The van der Waals surface area contributed by atoms with Gasteiger partial charge in [-0.1, -0.05) is 0 Å². The van der Waals surface area contributed by atoms with Gasteiger partial charge in [0.25, 0.3) is 0 Å². The molecule has 0 bridgehead atoms. The van der Waals surface area contributed by atoms with Crippen LogP contribution in [0.1, 0.15) is 17.3 Å². The van der Waals surface area contributed by atoms with E-state index in [1.165, 1.54) is 11.8 Å². The number of hydrogen-bond acceptors (Lipinski definition) is 4. The van der Waals surface area contributed by atoms with Gasteiger partial charge in [-0.2, -0.15) is 0 Å². The van der Waals surface area contributed by atoms with Crippen LogP contribution in [-0.4, -0.2) is 23.6 Å². The van der Waals surface area contributed by atoms with E-state index in [2.05, 4.69) is 10.3 Å². The molecule has 1 aromatic heterocycles. The van der Waals surface area contributed by atoms with E-state index in [1.54, 1.807) is 30.6 Å². The average molecular weight is 222 g/mol. The number of allylic oxidation sites excluding steroid dienone is 1. The zero-order valence-corrected chi connectivity index (χ0v) is 9.67. The van der Waals surface area contributed by atoms with E-state index in [-0.39, 0.29) is 5.78 Å². The molecule has 0 spiro atoms. The quantitative estimate of drug-likeness (QED) is 0.612. The van der Waals surface area contributed by atoms with E-state index < -0.39 is 0 Å². The number of aromatic nitrogens is 1. The first kappa shape index (κ1) is 11.8. The molecule has 0 aliphatic rings. The minimum atomic E-state index is 0.00250. The Balaban J connectivity index is 2.77. The lowest BCUT2D eigenvalue weighted by Gasteiger charge is -2.04. The van der Waals surface area contributed by atoms with Crippen molar-refractivity contribution in [2.75, 3.05) is 12.8 Å². The van der Waals surface area contributed by atoms with Gasteiger partial charge >= 0.3 is 0 Å². The Bertz CT molecular complexity index is 349. The largest absolute Gasteiger partial charge is 0.380 e. The minimum absolute atomic E-state index is 0.00250. The summed E-state index contributed by atoms with van der Waals surface area (Å²) >= 11 is 1.53. The van der Waals surface area contributed by atoms with Gasteiger partial charge in [-0.25, -0.2) is 0 Å². The highest BCUT2D eigenvalue weighted by Gasteiger charge is 2.03. The number of carbonyl (C=O) groups is 1. The molecule has 0 saturated carbocycles. The molecule has 0 unspecified atom stereocenters. The molecular weight excluding hydrogens is 208 g/mol. The lowest BCUT2D eigenvalue weighted by molar-refractivity contribution is 0.104. The van der Waals surface area contributed by atoms with E-state index in [1.807, 2.05) is 13.2 Å². The van der Waals surface area contributed by atoms with Crippen molar-refractivity contribution in [3.05, 3.63) is 41.2 Å². The Morgan fingerprint density at radius 1 is 1.53 bits per heavy atom. The lowest BCUT2D eigenvalue weighted by Crippen LogP contribution is -2.11. The van der Waals surface area contributed by atoms with Crippen molar-refractivity contribution >= 4 is 17.5 Å². The summed E-state index contributed by atoms with van der Waals surface area (Å²) < 4.78 is 0. The molecule has 0 aromatic carbocycles. The SMILES string of the molecule is CCN/C(=C\C(=O)c1ccncc1)SC. The molecule has 3 nitrogen and oxygen atoms in total. The second-order valence-corrected chi connectivity index (χ2v) is 3.69. The molecule has 0 fully saturated rings. The zero-order valence-electron chi connectivity index (χ0n) is 8.86. The molecule has 0 amide bonds. The Labute approximate surface area is 94.0 Å². The van der Waals surface area contributed by atoms with Crippen molar-refractivity contribution in [1.29, 1.82) is 0 Å². The summed E-state index contributed by atoms with van der Waals surface area (Å²) in [7, 11) is 0. The van der Waals surface area contributed by atoms with Crippen LogP contribution in [0.25, 0.3) is 0 Å². The van der Waals surface area contributed by atoms with Gasteiger partial charge in [0, 0.05) is 30.6 Å². The number of pyridine rings is 1. The minimum Gasteiger partial charge on any atom is -0.380 e. The van der Waals surface area contributed by atoms with Crippen LogP contribution in [0.2, 0.25) is 0 Å². The summed E-state index contributed by atoms with van der Waals surface area (Å²) in [6.07, 6.45) is 6.79. The van der Waals surface area contributed by atoms with Gasteiger partial charge < -0.3 is 5.32 Å². The number of ketones is 1. The number of thioether (sulfide) groups is 1. The normalized spacial score (nSPS) is 11.2. The van der Waals surface area contributed by atoms with Crippen molar-refractivity contribution in [3.63, 3.8) is 0 Å². The molecule has 0 radical (unpaired) electrons. The highest BCUT2D eigenvalue weighted by atomic mass is 32.2. The highest BCUT2D eigenvalue weighted by Crippen LogP contribution is 2.09. The predicted octanol–water partition coefficient (Wildman–Crippen LogP) is 2.08. The van der Waals surface area contributed by atoms with Crippen molar-refractivity contribution in [1.82, 2.24) is 10.3 Å². The van der Waals surface area contributed by atoms with Crippen LogP contribution >= 0.6 is 11.8 Å². The van der Waals surface area contributed by atoms with Gasteiger partial charge in [-0.15, -0.1) is 11.8 Å². The third-order valence-corrected chi connectivity index (χ3v) is 2.50. The molecule has 4 heteroatoms. The first-order valence-corrected chi connectivity index (χ1v) is 5.94. The summed E-state index contributed by atoms with van der Waals surface area (Å²) in [6.45, 7) is 2.82. The average Bonchev–Trinajstić information content (AvgIpc) is 2.29. The Hall–Kier alpha value is -1.29. The molecule has 0 aliphatic heterocycles. The van der Waals surface area contributed by atoms with Crippen LogP contribution in [0.15, 0.2) is 35.6 Å². The van der Waals surface area contributed by atoms with Crippen molar-refractivity contribution in [3.8, 4) is 0 Å². The first-order valence-electron chi connectivity index (χ1n) is 4.71. The molecular formula is C11H14N2OS. The fourth-order valence-corrected chi connectivity index (χ4v) is 1.59. The summed E-state index contributed by atoms with van der Waals surface area (Å²) in [6, 6.07) is 3.42. The topological polar surface area (TPSA) is 42.0 Å². The summed E-state index contributed by atoms with van der Waals surface area (Å²) in [4.78, 5) is 15.6. The van der Waals surface area contributed by atoms with Crippen LogP contribution in [0.4, 0.5) is 0 Å². The molecule has 1 rings (SSSR count). The van der Waals surface area contributed by atoms with Crippen LogP contribution in [0, 0.1) is 0 Å². The molecule has 0 atom stereocenters. The fourth-order valence-electron chi connectivity index (χ4n) is 1.07. The number of hydrogen-bond donors (Lipinski definition) is 1. The van der Waals surface area contributed by atoms with Gasteiger partial charge in [0.05, 0.1) is 5.03 Å². The van der Waals surface area contributed by atoms with E-state index in [0.29, 0.717) is 5.56 Å². The van der Waals surface area contributed by atoms with Gasteiger partial charge in [-0.05, 0) is 25.3 Å². The zero-order chi connectivity index (χ0) is 11.1. The second kappa shape index (κ2) is 6.24. The van der Waals surface area contributed by atoms with Crippen LogP contribution in [0.3, 0.4) is 0 Å². The van der Waals surface area contributed by atoms with Crippen LogP contribution in [-0.2, 0) is 0 Å². The van der Waals surface area contributed by atoms with E-state index in [9.17, 15) is 4.79 Å². The molecule has 15 heavy (non-hydrogen) atoms. The number of nitrogens with one attached hydrogen (secondary N) is 1. The van der Waals surface area contributed by atoms with Gasteiger partial charge in [0.2, 0.25) is 0 Å².